The molecular formula is C16H28N2O3. The molecule has 0 radical (unpaired) electrons. The van der Waals surface area contributed by atoms with Gasteiger partial charge in [-0.1, -0.05) is 19.3 Å². The molecule has 21 heavy (non-hydrogen) atoms. The topological polar surface area (TPSA) is 49.9 Å². The summed E-state index contributed by atoms with van der Waals surface area (Å²) in [6, 6.07) is 0.410. The molecule has 5 nitrogen and oxygen atoms in total. The van der Waals surface area contributed by atoms with Crippen LogP contribution >= 0.6 is 0 Å². The van der Waals surface area contributed by atoms with E-state index in [4.69, 9.17) is 4.74 Å². The Morgan fingerprint density at radius 1 is 1.14 bits per heavy atom. The maximum Gasteiger partial charge on any atom is 0.309 e. The summed E-state index contributed by atoms with van der Waals surface area (Å²) < 4.78 is 4.82. The molecular weight excluding hydrogens is 268 g/mol. The summed E-state index contributed by atoms with van der Waals surface area (Å²) in [6.07, 6.45) is 7.86. The number of esters is 1. The Kier molecular flexibility index (Phi) is 6.03. The number of carbonyl (C=O) groups excluding carboxylic acids is 2. The van der Waals surface area contributed by atoms with Crippen LogP contribution in [0.25, 0.3) is 0 Å². The summed E-state index contributed by atoms with van der Waals surface area (Å²) in [5, 5.41) is 0. The van der Waals surface area contributed by atoms with Crippen LogP contribution in [0.2, 0.25) is 0 Å². The molecule has 0 aromatic carbocycles. The highest BCUT2D eigenvalue weighted by molar-refractivity contribution is 5.78. The maximum absolute atomic E-state index is 12.4. The Morgan fingerprint density at radius 2 is 1.86 bits per heavy atom. The normalized spacial score (nSPS) is 24.6. The van der Waals surface area contributed by atoms with E-state index in [-0.39, 0.29) is 17.8 Å². The van der Waals surface area contributed by atoms with E-state index in [9.17, 15) is 9.59 Å². The van der Waals surface area contributed by atoms with Gasteiger partial charge in [0, 0.05) is 19.6 Å². The van der Waals surface area contributed by atoms with Gasteiger partial charge in [-0.15, -0.1) is 0 Å². The average Bonchev–Trinajstić information content (AvgIpc) is 2.54. The van der Waals surface area contributed by atoms with E-state index in [1.165, 1.54) is 26.4 Å². The molecule has 0 aromatic rings. The molecule has 1 saturated heterocycles. The minimum Gasteiger partial charge on any atom is -0.469 e. The van der Waals surface area contributed by atoms with Crippen molar-refractivity contribution in [2.75, 3.05) is 33.8 Å². The van der Waals surface area contributed by atoms with Crippen LogP contribution in [0.4, 0.5) is 0 Å². The van der Waals surface area contributed by atoms with Crippen LogP contribution in [0, 0.1) is 5.92 Å². The molecule has 5 heteroatoms. The zero-order valence-electron chi connectivity index (χ0n) is 13.3. The predicted octanol–water partition coefficient (Wildman–Crippen LogP) is 1.66. The molecule has 0 aromatic heterocycles. The SMILES string of the molecule is COC(=O)[C@H]1CCCN(CC(=O)N(C)C2CCCCC2)C1. The molecule has 0 spiro atoms. The zero-order chi connectivity index (χ0) is 15.2. The van der Waals surface area contributed by atoms with Crippen LogP contribution < -0.4 is 0 Å². The quantitative estimate of drug-likeness (QED) is 0.740. The highest BCUT2D eigenvalue weighted by Gasteiger charge is 2.29. The molecule has 2 rings (SSSR count). The molecule has 1 atom stereocenters. The lowest BCUT2D eigenvalue weighted by atomic mass is 9.94. The predicted molar refractivity (Wildman–Crippen MR) is 80.8 cm³/mol. The molecule has 1 amide bonds. The van der Waals surface area contributed by atoms with E-state index in [0.29, 0.717) is 19.1 Å². The van der Waals surface area contributed by atoms with E-state index in [2.05, 4.69) is 4.90 Å². The summed E-state index contributed by atoms with van der Waals surface area (Å²) in [5.41, 5.74) is 0. The van der Waals surface area contributed by atoms with E-state index < -0.39 is 0 Å². The van der Waals surface area contributed by atoms with Crippen molar-refractivity contribution in [2.45, 2.75) is 51.0 Å². The van der Waals surface area contributed by atoms with Crippen LogP contribution in [0.15, 0.2) is 0 Å². The van der Waals surface area contributed by atoms with Crippen molar-refractivity contribution in [2.24, 2.45) is 5.92 Å². The van der Waals surface area contributed by atoms with Gasteiger partial charge in [0.05, 0.1) is 19.6 Å². The van der Waals surface area contributed by atoms with Gasteiger partial charge in [0.25, 0.3) is 0 Å². The number of rotatable bonds is 4. The second-order valence-corrected chi connectivity index (χ2v) is 6.39. The third kappa shape index (κ3) is 4.43. The van der Waals surface area contributed by atoms with Crippen molar-refractivity contribution in [3.8, 4) is 0 Å². The number of likely N-dealkylation sites (N-methyl/N-ethyl adjacent to an activating group) is 1. The number of hydrogen-bond acceptors (Lipinski definition) is 4. The fraction of sp³-hybridized carbons (Fsp3) is 0.875. The second kappa shape index (κ2) is 7.78. The smallest absolute Gasteiger partial charge is 0.309 e. The lowest BCUT2D eigenvalue weighted by molar-refractivity contribution is -0.148. The van der Waals surface area contributed by atoms with Gasteiger partial charge in [-0.3, -0.25) is 14.5 Å². The monoisotopic (exact) mass is 296 g/mol. The first-order valence-electron chi connectivity index (χ1n) is 8.17. The molecule has 1 heterocycles. The Hall–Kier alpha value is -1.10. The summed E-state index contributed by atoms with van der Waals surface area (Å²) in [4.78, 5) is 28.1. The molecule has 0 bridgehead atoms. The number of nitrogens with zero attached hydrogens (tertiary/aromatic N) is 2. The minimum absolute atomic E-state index is 0.0727. The summed E-state index contributed by atoms with van der Waals surface area (Å²) in [6.45, 7) is 1.98. The van der Waals surface area contributed by atoms with Crippen LogP contribution in [0.5, 0.6) is 0 Å². The largest absolute Gasteiger partial charge is 0.469 e. The first kappa shape index (κ1) is 16.3. The van der Waals surface area contributed by atoms with E-state index in [0.717, 1.165) is 32.2 Å². The van der Waals surface area contributed by atoms with Crippen molar-refractivity contribution in [1.82, 2.24) is 9.80 Å². The Balaban J connectivity index is 1.82. The maximum atomic E-state index is 12.4. The zero-order valence-corrected chi connectivity index (χ0v) is 13.3. The van der Waals surface area contributed by atoms with Gasteiger partial charge in [0.2, 0.25) is 5.91 Å². The molecule has 120 valence electrons. The van der Waals surface area contributed by atoms with Gasteiger partial charge in [-0.05, 0) is 32.2 Å². The van der Waals surface area contributed by atoms with Crippen LogP contribution in [0.1, 0.15) is 44.9 Å². The number of carbonyl (C=O) groups is 2. The summed E-state index contributed by atoms with van der Waals surface area (Å²) in [7, 11) is 3.36. The van der Waals surface area contributed by atoms with Gasteiger partial charge in [-0.2, -0.15) is 0 Å². The Bertz CT molecular complexity index is 367. The fourth-order valence-corrected chi connectivity index (χ4v) is 3.53. The fourth-order valence-electron chi connectivity index (χ4n) is 3.53. The Morgan fingerprint density at radius 3 is 2.52 bits per heavy atom. The van der Waals surface area contributed by atoms with Gasteiger partial charge in [-0.25, -0.2) is 0 Å². The van der Waals surface area contributed by atoms with Gasteiger partial charge in [0.15, 0.2) is 0 Å². The second-order valence-electron chi connectivity index (χ2n) is 6.39. The van der Waals surface area contributed by atoms with Crippen molar-refractivity contribution < 1.29 is 14.3 Å². The molecule has 1 saturated carbocycles. The first-order valence-corrected chi connectivity index (χ1v) is 8.17. The number of methoxy groups -OCH3 is 1. The highest BCUT2D eigenvalue weighted by Crippen LogP contribution is 2.22. The van der Waals surface area contributed by atoms with Crippen LogP contribution in [-0.4, -0.2) is 61.5 Å². The number of likely N-dealkylation sites (tertiary alicyclic amines) is 1. The van der Waals surface area contributed by atoms with Crippen LogP contribution in [-0.2, 0) is 14.3 Å². The highest BCUT2D eigenvalue weighted by atomic mass is 16.5. The first-order chi connectivity index (χ1) is 10.1. The van der Waals surface area contributed by atoms with Crippen LogP contribution in [0.3, 0.4) is 0 Å². The average molecular weight is 296 g/mol. The lowest BCUT2D eigenvalue weighted by Gasteiger charge is -2.35. The number of ether oxygens (including phenoxy) is 1. The Labute approximate surface area is 127 Å². The van der Waals surface area contributed by atoms with Gasteiger partial charge < -0.3 is 9.64 Å². The number of piperidine rings is 1. The van der Waals surface area contributed by atoms with E-state index >= 15 is 0 Å². The van der Waals surface area contributed by atoms with Crippen molar-refractivity contribution in [3.05, 3.63) is 0 Å². The van der Waals surface area contributed by atoms with E-state index in [1.807, 2.05) is 11.9 Å². The number of amides is 1. The molecule has 2 aliphatic rings. The standard InChI is InChI=1S/C16H28N2O3/c1-17(14-8-4-3-5-9-14)15(19)12-18-10-6-7-13(11-18)16(20)21-2/h13-14H,3-12H2,1-2H3/t13-/m0/s1. The summed E-state index contributed by atoms with van der Waals surface area (Å²) in [5.74, 6) is -0.0308. The van der Waals surface area contributed by atoms with Crippen molar-refractivity contribution in [1.29, 1.82) is 0 Å². The van der Waals surface area contributed by atoms with Crippen molar-refractivity contribution >= 4 is 11.9 Å². The number of hydrogen-bond donors (Lipinski definition) is 0. The molecule has 1 aliphatic carbocycles. The molecule has 2 fully saturated rings. The summed E-state index contributed by atoms with van der Waals surface area (Å²) >= 11 is 0. The lowest BCUT2D eigenvalue weighted by Crippen LogP contribution is -2.47. The minimum atomic E-state index is -0.146. The third-order valence-corrected chi connectivity index (χ3v) is 4.91. The van der Waals surface area contributed by atoms with Crippen molar-refractivity contribution in [3.63, 3.8) is 0 Å². The van der Waals surface area contributed by atoms with Gasteiger partial charge >= 0.3 is 5.97 Å². The molecule has 0 unspecified atom stereocenters. The molecule has 0 N–H and O–H groups in total. The van der Waals surface area contributed by atoms with E-state index in [1.54, 1.807) is 0 Å². The van der Waals surface area contributed by atoms with Gasteiger partial charge in [0.1, 0.15) is 0 Å². The third-order valence-electron chi connectivity index (χ3n) is 4.91. The molecule has 1 aliphatic heterocycles.